The quantitative estimate of drug-likeness (QED) is 0.827. The van der Waals surface area contributed by atoms with Crippen LogP contribution in [0, 0.1) is 17.5 Å². The highest BCUT2D eigenvalue weighted by Gasteiger charge is 2.19. The van der Waals surface area contributed by atoms with Gasteiger partial charge in [-0.05, 0) is 20.0 Å². The van der Waals surface area contributed by atoms with Gasteiger partial charge in [0.25, 0.3) is 0 Å². The topological polar surface area (TPSA) is 40.5 Å². The van der Waals surface area contributed by atoms with Crippen molar-refractivity contribution in [3.05, 3.63) is 35.1 Å². The van der Waals surface area contributed by atoms with E-state index in [2.05, 4.69) is 0 Å². The van der Waals surface area contributed by atoms with Gasteiger partial charge in [0.1, 0.15) is 11.9 Å². The minimum atomic E-state index is -1.26. The standard InChI is InChI=1S/C11H12F3NO2/c1-6(11(16)17)15(2)5-7-3-9(13)10(14)4-8(7)12/h3-4,6H,5H2,1-2H3,(H,16,17). The van der Waals surface area contributed by atoms with Crippen LogP contribution < -0.4 is 0 Å². The molecule has 0 spiro atoms. The van der Waals surface area contributed by atoms with E-state index in [1.54, 1.807) is 0 Å². The van der Waals surface area contributed by atoms with Crippen LogP contribution in [0.4, 0.5) is 13.2 Å². The zero-order valence-electron chi connectivity index (χ0n) is 9.38. The second kappa shape index (κ2) is 5.18. The Kier molecular flexibility index (Phi) is 4.11. The van der Waals surface area contributed by atoms with Crippen LogP contribution in [-0.2, 0) is 11.3 Å². The average molecular weight is 247 g/mol. The number of halogens is 3. The van der Waals surface area contributed by atoms with Gasteiger partial charge >= 0.3 is 5.97 Å². The predicted molar refractivity (Wildman–Crippen MR) is 54.9 cm³/mol. The molecule has 0 saturated carbocycles. The number of likely N-dealkylation sites (N-methyl/N-ethyl adjacent to an activating group) is 1. The Labute approximate surface area is 96.5 Å². The lowest BCUT2D eigenvalue weighted by atomic mass is 10.1. The van der Waals surface area contributed by atoms with Gasteiger partial charge in [0, 0.05) is 18.2 Å². The molecule has 1 N–H and O–H groups in total. The molecule has 1 atom stereocenters. The number of hydrogen-bond acceptors (Lipinski definition) is 2. The van der Waals surface area contributed by atoms with Crippen molar-refractivity contribution in [2.45, 2.75) is 19.5 Å². The minimum absolute atomic E-state index is 0.0838. The summed E-state index contributed by atoms with van der Waals surface area (Å²) in [4.78, 5) is 12.0. The van der Waals surface area contributed by atoms with Crippen molar-refractivity contribution in [1.82, 2.24) is 4.90 Å². The van der Waals surface area contributed by atoms with E-state index in [0.29, 0.717) is 6.07 Å². The van der Waals surface area contributed by atoms with Gasteiger partial charge < -0.3 is 5.11 Å². The highest BCUT2D eigenvalue weighted by atomic mass is 19.2. The molecule has 0 aliphatic rings. The first-order valence-electron chi connectivity index (χ1n) is 4.89. The highest BCUT2D eigenvalue weighted by Crippen LogP contribution is 2.16. The van der Waals surface area contributed by atoms with Crippen molar-refractivity contribution in [2.24, 2.45) is 0 Å². The number of hydrogen-bond donors (Lipinski definition) is 1. The number of nitrogens with zero attached hydrogens (tertiary/aromatic N) is 1. The number of benzene rings is 1. The molecular formula is C11H12F3NO2. The van der Waals surface area contributed by atoms with Gasteiger partial charge in [0.2, 0.25) is 0 Å². The Bertz CT molecular complexity index is 437. The van der Waals surface area contributed by atoms with Gasteiger partial charge in [-0.25, -0.2) is 13.2 Å². The highest BCUT2D eigenvalue weighted by molar-refractivity contribution is 5.72. The molecule has 94 valence electrons. The Morgan fingerprint density at radius 2 is 1.82 bits per heavy atom. The van der Waals surface area contributed by atoms with Crippen LogP contribution in [0.15, 0.2) is 12.1 Å². The minimum Gasteiger partial charge on any atom is -0.480 e. The summed E-state index contributed by atoms with van der Waals surface area (Å²) in [6.07, 6.45) is 0. The number of aliphatic carboxylic acids is 1. The van der Waals surface area contributed by atoms with Crippen molar-refractivity contribution in [3.63, 3.8) is 0 Å². The zero-order valence-corrected chi connectivity index (χ0v) is 9.38. The van der Waals surface area contributed by atoms with E-state index >= 15 is 0 Å². The monoisotopic (exact) mass is 247 g/mol. The molecule has 0 aromatic heterocycles. The Balaban J connectivity index is 2.88. The molecule has 6 heteroatoms. The molecule has 0 fully saturated rings. The van der Waals surface area contributed by atoms with Gasteiger partial charge in [-0.1, -0.05) is 0 Å². The van der Waals surface area contributed by atoms with E-state index < -0.39 is 29.5 Å². The number of carboxylic acid groups (broad SMARTS) is 1. The molecule has 0 heterocycles. The SMILES string of the molecule is CC(C(=O)O)N(C)Cc1cc(F)c(F)cc1F. The molecule has 0 radical (unpaired) electrons. The number of carbonyl (C=O) groups is 1. The Morgan fingerprint density at radius 3 is 2.35 bits per heavy atom. The van der Waals surface area contributed by atoms with E-state index in [0.717, 1.165) is 6.07 Å². The average Bonchev–Trinajstić information content (AvgIpc) is 2.24. The molecule has 17 heavy (non-hydrogen) atoms. The number of rotatable bonds is 4. The van der Waals surface area contributed by atoms with Crippen molar-refractivity contribution >= 4 is 5.97 Å². The van der Waals surface area contributed by atoms with Gasteiger partial charge in [0.15, 0.2) is 11.6 Å². The van der Waals surface area contributed by atoms with Crippen LogP contribution in [0.2, 0.25) is 0 Å². The van der Waals surface area contributed by atoms with Crippen molar-refractivity contribution in [2.75, 3.05) is 7.05 Å². The third kappa shape index (κ3) is 3.20. The summed E-state index contributed by atoms with van der Waals surface area (Å²) in [6.45, 7) is 1.30. The fourth-order valence-corrected chi connectivity index (χ4v) is 1.28. The second-order valence-electron chi connectivity index (χ2n) is 3.79. The lowest BCUT2D eigenvalue weighted by Gasteiger charge is -2.21. The molecule has 0 aliphatic carbocycles. The molecule has 1 unspecified atom stereocenters. The molecule has 0 bridgehead atoms. The maximum absolute atomic E-state index is 13.3. The fraction of sp³-hybridized carbons (Fsp3) is 0.364. The molecule has 0 saturated heterocycles. The van der Waals surface area contributed by atoms with E-state index in [9.17, 15) is 18.0 Å². The van der Waals surface area contributed by atoms with Crippen LogP contribution >= 0.6 is 0 Å². The van der Waals surface area contributed by atoms with E-state index in [4.69, 9.17) is 5.11 Å². The summed E-state index contributed by atoms with van der Waals surface area (Å²) < 4.78 is 38.8. The lowest BCUT2D eigenvalue weighted by Crippen LogP contribution is -2.35. The summed E-state index contributed by atoms with van der Waals surface area (Å²) in [7, 11) is 1.46. The van der Waals surface area contributed by atoms with Crippen molar-refractivity contribution in [1.29, 1.82) is 0 Å². The second-order valence-corrected chi connectivity index (χ2v) is 3.79. The summed E-state index contributed by atoms with van der Waals surface area (Å²) in [5.41, 5.74) is -0.0838. The van der Waals surface area contributed by atoms with Crippen LogP contribution in [0.3, 0.4) is 0 Å². The molecule has 0 amide bonds. The van der Waals surface area contributed by atoms with Gasteiger partial charge in [-0.15, -0.1) is 0 Å². The van der Waals surface area contributed by atoms with Gasteiger partial charge in [-0.2, -0.15) is 0 Å². The first-order chi connectivity index (χ1) is 7.82. The molecular weight excluding hydrogens is 235 g/mol. The summed E-state index contributed by atoms with van der Waals surface area (Å²) in [5.74, 6) is -4.39. The summed E-state index contributed by atoms with van der Waals surface area (Å²) >= 11 is 0. The first-order valence-corrected chi connectivity index (χ1v) is 4.89. The molecule has 1 rings (SSSR count). The van der Waals surface area contributed by atoms with Gasteiger partial charge in [-0.3, -0.25) is 9.69 Å². The largest absolute Gasteiger partial charge is 0.480 e. The predicted octanol–water partition coefficient (Wildman–Crippen LogP) is 2.01. The Hall–Kier alpha value is -1.56. The molecule has 1 aromatic rings. The third-order valence-corrected chi connectivity index (χ3v) is 2.53. The van der Waals surface area contributed by atoms with E-state index in [-0.39, 0.29) is 12.1 Å². The lowest BCUT2D eigenvalue weighted by molar-refractivity contribution is -0.142. The van der Waals surface area contributed by atoms with Crippen LogP contribution in [-0.4, -0.2) is 29.1 Å². The Morgan fingerprint density at radius 1 is 1.29 bits per heavy atom. The number of carboxylic acids is 1. The molecule has 0 aliphatic heterocycles. The maximum Gasteiger partial charge on any atom is 0.320 e. The van der Waals surface area contributed by atoms with E-state index in [1.807, 2.05) is 0 Å². The maximum atomic E-state index is 13.3. The zero-order chi connectivity index (χ0) is 13.2. The van der Waals surface area contributed by atoms with Crippen LogP contribution in [0.1, 0.15) is 12.5 Å². The van der Waals surface area contributed by atoms with Crippen molar-refractivity contribution < 1.29 is 23.1 Å². The van der Waals surface area contributed by atoms with Crippen molar-refractivity contribution in [3.8, 4) is 0 Å². The molecule has 3 nitrogen and oxygen atoms in total. The normalized spacial score (nSPS) is 12.8. The van der Waals surface area contributed by atoms with E-state index in [1.165, 1.54) is 18.9 Å². The fourth-order valence-electron chi connectivity index (χ4n) is 1.28. The first kappa shape index (κ1) is 13.5. The smallest absolute Gasteiger partial charge is 0.320 e. The van der Waals surface area contributed by atoms with Crippen LogP contribution in [0.5, 0.6) is 0 Å². The molecule has 1 aromatic carbocycles. The summed E-state index contributed by atoms with van der Waals surface area (Å²) in [6, 6.07) is 0.335. The van der Waals surface area contributed by atoms with Crippen LogP contribution in [0.25, 0.3) is 0 Å². The van der Waals surface area contributed by atoms with Gasteiger partial charge in [0.05, 0.1) is 0 Å². The third-order valence-electron chi connectivity index (χ3n) is 2.53. The summed E-state index contributed by atoms with van der Waals surface area (Å²) in [5, 5.41) is 8.73.